The summed E-state index contributed by atoms with van der Waals surface area (Å²) in [4.78, 5) is 16.1. The van der Waals surface area contributed by atoms with Crippen LogP contribution in [0.15, 0.2) is 21.4 Å². The Morgan fingerprint density at radius 1 is 1.50 bits per heavy atom. The molecule has 2 rings (SSSR count). The molecule has 0 atom stereocenters. The highest BCUT2D eigenvalue weighted by molar-refractivity contribution is 8.01. The first kappa shape index (κ1) is 13.1. The van der Waals surface area contributed by atoms with E-state index in [2.05, 4.69) is 9.36 Å². The van der Waals surface area contributed by atoms with Crippen molar-refractivity contribution in [3.63, 3.8) is 0 Å². The second-order valence-electron chi connectivity index (χ2n) is 3.45. The Hall–Kier alpha value is -1.31. The van der Waals surface area contributed by atoms with Crippen molar-refractivity contribution in [1.29, 1.82) is 0 Å². The van der Waals surface area contributed by atoms with E-state index in [1.54, 1.807) is 13.0 Å². The van der Waals surface area contributed by atoms with Crippen LogP contribution in [0.5, 0.6) is 0 Å². The molecule has 18 heavy (non-hydrogen) atoms. The molecule has 0 aliphatic carbocycles. The molecule has 8 heteroatoms. The highest BCUT2D eigenvalue weighted by atomic mass is 35.5. The lowest BCUT2D eigenvalue weighted by Gasteiger charge is -2.08. The number of rotatable bonds is 3. The third kappa shape index (κ3) is 2.74. The number of aryl methyl sites for hydroxylation is 1. The van der Waals surface area contributed by atoms with Crippen molar-refractivity contribution in [2.24, 2.45) is 5.73 Å². The maximum atomic E-state index is 11.4. The molecule has 5 nitrogen and oxygen atoms in total. The number of nitrogens with zero attached hydrogens (tertiary/aromatic N) is 2. The maximum absolute atomic E-state index is 11.4. The van der Waals surface area contributed by atoms with Gasteiger partial charge in [0.25, 0.3) is 0 Å². The van der Waals surface area contributed by atoms with Gasteiger partial charge in [-0.2, -0.15) is 4.37 Å². The number of halogens is 1. The summed E-state index contributed by atoms with van der Waals surface area (Å²) in [5.41, 5.74) is 11.6. The van der Waals surface area contributed by atoms with E-state index in [1.807, 2.05) is 0 Å². The Labute approximate surface area is 117 Å². The van der Waals surface area contributed by atoms with Crippen LogP contribution in [0.25, 0.3) is 0 Å². The Kier molecular flexibility index (Phi) is 3.74. The van der Waals surface area contributed by atoms with Crippen LogP contribution in [0.4, 0.5) is 5.69 Å². The first-order valence-corrected chi connectivity index (χ1v) is 6.81. The maximum Gasteiger partial charge on any atom is 0.249 e. The van der Waals surface area contributed by atoms with Crippen molar-refractivity contribution in [2.45, 2.75) is 16.2 Å². The number of hydrogen-bond acceptors (Lipinski definition) is 6. The summed E-state index contributed by atoms with van der Waals surface area (Å²) in [6.45, 7) is 1.79. The summed E-state index contributed by atoms with van der Waals surface area (Å²) >= 11 is 8.58. The van der Waals surface area contributed by atoms with Crippen molar-refractivity contribution in [1.82, 2.24) is 9.36 Å². The average molecular weight is 301 g/mol. The molecule has 0 saturated carbocycles. The zero-order valence-electron chi connectivity index (χ0n) is 9.31. The molecule has 0 bridgehead atoms. The zero-order valence-corrected chi connectivity index (χ0v) is 11.7. The number of nitrogen functional groups attached to an aromatic ring is 1. The Bertz CT molecular complexity index is 614. The molecule has 0 radical (unpaired) electrons. The standard InChI is InChI=1S/C10H9ClN4OS2/c1-4-14-10(18-15-4)17-8-6(9(13)16)2-5(12)3-7(8)11/h2-3H,12H2,1H3,(H2,13,16). The second kappa shape index (κ2) is 5.13. The smallest absolute Gasteiger partial charge is 0.249 e. The van der Waals surface area contributed by atoms with E-state index < -0.39 is 5.91 Å². The van der Waals surface area contributed by atoms with Crippen LogP contribution in [-0.2, 0) is 0 Å². The molecule has 4 N–H and O–H groups in total. The first-order valence-electron chi connectivity index (χ1n) is 4.84. The lowest BCUT2D eigenvalue weighted by molar-refractivity contribution is 0.0997. The van der Waals surface area contributed by atoms with Gasteiger partial charge in [0.1, 0.15) is 5.82 Å². The van der Waals surface area contributed by atoms with Crippen molar-refractivity contribution >= 4 is 46.5 Å². The van der Waals surface area contributed by atoms with Gasteiger partial charge in [-0.25, -0.2) is 4.98 Å². The molecule has 1 heterocycles. The Morgan fingerprint density at radius 2 is 2.22 bits per heavy atom. The van der Waals surface area contributed by atoms with Gasteiger partial charge >= 0.3 is 0 Å². The van der Waals surface area contributed by atoms with Gasteiger partial charge in [0, 0.05) is 10.6 Å². The molecule has 2 aromatic rings. The van der Waals surface area contributed by atoms with Crippen LogP contribution in [0.3, 0.4) is 0 Å². The number of anilines is 1. The summed E-state index contributed by atoms with van der Waals surface area (Å²) in [6, 6.07) is 3.08. The minimum atomic E-state index is -0.576. The van der Waals surface area contributed by atoms with Crippen molar-refractivity contribution in [3.8, 4) is 0 Å². The van der Waals surface area contributed by atoms with Gasteiger partial charge in [-0.15, -0.1) is 0 Å². The van der Waals surface area contributed by atoms with E-state index in [1.165, 1.54) is 29.4 Å². The molecule has 0 unspecified atom stereocenters. The molecule has 1 amide bonds. The van der Waals surface area contributed by atoms with Gasteiger partial charge in [-0.05, 0) is 30.6 Å². The largest absolute Gasteiger partial charge is 0.399 e. The second-order valence-corrected chi connectivity index (χ2v) is 5.87. The molecule has 0 spiro atoms. The minimum absolute atomic E-state index is 0.290. The summed E-state index contributed by atoms with van der Waals surface area (Å²) in [5.74, 6) is 0.0997. The van der Waals surface area contributed by atoms with Crippen LogP contribution >= 0.6 is 34.9 Å². The van der Waals surface area contributed by atoms with Crippen LogP contribution in [0.1, 0.15) is 16.2 Å². The van der Waals surface area contributed by atoms with E-state index in [0.29, 0.717) is 25.8 Å². The zero-order chi connectivity index (χ0) is 13.3. The third-order valence-electron chi connectivity index (χ3n) is 2.03. The van der Waals surface area contributed by atoms with Gasteiger partial charge in [-0.3, -0.25) is 4.79 Å². The lowest BCUT2D eigenvalue weighted by atomic mass is 10.2. The molecule has 0 aliphatic heterocycles. The fourth-order valence-corrected chi connectivity index (χ4v) is 3.36. The van der Waals surface area contributed by atoms with Crippen LogP contribution in [0.2, 0.25) is 5.02 Å². The van der Waals surface area contributed by atoms with Crippen LogP contribution in [-0.4, -0.2) is 15.3 Å². The van der Waals surface area contributed by atoms with Crippen molar-refractivity contribution in [3.05, 3.63) is 28.5 Å². The number of carbonyl (C=O) groups excluding carboxylic acids is 1. The lowest BCUT2D eigenvalue weighted by Crippen LogP contribution is -2.13. The molecular formula is C10H9ClN4OS2. The quantitative estimate of drug-likeness (QED) is 0.848. The fourth-order valence-electron chi connectivity index (χ4n) is 1.31. The Balaban J connectivity index is 2.46. The predicted molar refractivity (Wildman–Crippen MR) is 73.2 cm³/mol. The number of carbonyl (C=O) groups is 1. The van der Waals surface area contributed by atoms with Crippen LogP contribution in [0, 0.1) is 6.92 Å². The average Bonchev–Trinajstić information content (AvgIpc) is 2.67. The van der Waals surface area contributed by atoms with Crippen molar-refractivity contribution in [2.75, 3.05) is 5.73 Å². The molecule has 0 saturated heterocycles. The van der Waals surface area contributed by atoms with Gasteiger partial charge in [0.15, 0.2) is 4.34 Å². The van der Waals surface area contributed by atoms with E-state index in [4.69, 9.17) is 23.1 Å². The van der Waals surface area contributed by atoms with E-state index in [9.17, 15) is 4.79 Å². The summed E-state index contributed by atoms with van der Waals surface area (Å²) in [6.07, 6.45) is 0. The van der Waals surface area contributed by atoms with E-state index in [0.717, 1.165) is 0 Å². The minimum Gasteiger partial charge on any atom is -0.399 e. The molecule has 1 aromatic heterocycles. The summed E-state index contributed by atoms with van der Waals surface area (Å²) in [7, 11) is 0. The highest BCUT2D eigenvalue weighted by Crippen LogP contribution is 2.38. The number of benzene rings is 1. The summed E-state index contributed by atoms with van der Waals surface area (Å²) in [5, 5.41) is 0.377. The first-order chi connectivity index (χ1) is 8.47. The van der Waals surface area contributed by atoms with Crippen LogP contribution < -0.4 is 11.5 Å². The topological polar surface area (TPSA) is 94.9 Å². The van der Waals surface area contributed by atoms with E-state index in [-0.39, 0.29) is 5.56 Å². The van der Waals surface area contributed by atoms with Gasteiger partial charge in [0.05, 0.1) is 10.6 Å². The SMILES string of the molecule is Cc1nsc(Sc2c(Cl)cc(N)cc2C(N)=O)n1. The molecule has 94 valence electrons. The number of hydrogen-bond donors (Lipinski definition) is 2. The van der Waals surface area contributed by atoms with E-state index >= 15 is 0 Å². The van der Waals surface area contributed by atoms with Gasteiger partial charge in [-0.1, -0.05) is 23.4 Å². The number of nitrogens with two attached hydrogens (primary N) is 2. The van der Waals surface area contributed by atoms with Gasteiger partial charge < -0.3 is 11.5 Å². The fraction of sp³-hybridized carbons (Fsp3) is 0.100. The third-order valence-corrected chi connectivity index (χ3v) is 4.43. The van der Waals surface area contributed by atoms with Crippen molar-refractivity contribution < 1.29 is 4.79 Å². The predicted octanol–water partition coefficient (Wildman–Crippen LogP) is 2.33. The van der Waals surface area contributed by atoms with Gasteiger partial charge in [0.2, 0.25) is 5.91 Å². The summed E-state index contributed by atoms with van der Waals surface area (Å²) < 4.78 is 4.76. The highest BCUT2D eigenvalue weighted by Gasteiger charge is 2.16. The normalized spacial score (nSPS) is 10.6. The molecule has 0 fully saturated rings. The Morgan fingerprint density at radius 3 is 2.78 bits per heavy atom. The number of primary amides is 1. The number of amides is 1. The number of aromatic nitrogens is 2. The molecule has 0 aliphatic rings. The monoisotopic (exact) mass is 300 g/mol. The molecule has 1 aromatic carbocycles. The molecular weight excluding hydrogens is 292 g/mol.